The van der Waals surface area contributed by atoms with E-state index in [0.29, 0.717) is 23.3 Å². The topological polar surface area (TPSA) is 38.3 Å². The Morgan fingerprint density at radius 2 is 2.05 bits per heavy atom. The molecule has 1 aliphatic heterocycles. The molecule has 3 nitrogen and oxygen atoms in total. The summed E-state index contributed by atoms with van der Waals surface area (Å²) in [4.78, 5) is 12.4. The van der Waals surface area contributed by atoms with Crippen molar-refractivity contribution in [3.05, 3.63) is 29.8 Å². The summed E-state index contributed by atoms with van der Waals surface area (Å²) in [7, 11) is 0. The van der Waals surface area contributed by atoms with Crippen LogP contribution in [0, 0.1) is 17.8 Å². The third-order valence-electron chi connectivity index (χ3n) is 4.77. The molecule has 1 spiro atoms. The molecule has 0 aromatic heterocycles. The lowest BCUT2D eigenvalue weighted by atomic mass is 9.70. The summed E-state index contributed by atoms with van der Waals surface area (Å²) < 4.78 is 6.34. The Balaban J connectivity index is 2.01. The van der Waals surface area contributed by atoms with Crippen molar-refractivity contribution in [3.63, 3.8) is 0 Å². The molecule has 2 aliphatic rings. The Labute approximate surface area is 120 Å². The normalized spacial score (nSPS) is 32.7. The Morgan fingerprint density at radius 1 is 1.30 bits per heavy atom. The SMILES string of the molecule is CC(C)[C@@H]1CC[C@@H](C)CC12NC(=O)c1ccccc1O2. The van der Waals surface area contributed by atoms with E-state index in [2.05, 4.69) is 26.1 Å². The molecular weight excluding hydrogens is 250 g/mol. The molecule has 3 atom stereocenters. The second kappa shape index (κ2) is 4.80. The highest BCUT2D eigenvalue weighted by atomic mass is 16.5. The first-order valence-corrected chi connectivity index (χ1v) is 7.62. The van der Waals surface area contributed by atoms with Crippen LogP contribution in [0.4, 0.5) is 0 Å². The highest BCUT2D eigenvalue weighted by Gasteiger charge is 2.50. The smallest absolute Gasteiger partial charge is 0.258 e. The molecule has 3 heteroatoms. The molecule has 1 aliphatic carbocycles. The zero-order chi connectivity index (χ0) is 14.3. The highest BCUT2D eigenvalue weighted by molar-refractivity contribution is 5.98. The first-order chi connectivity index (χ1) is 9.52. The van der Waals surface area contributed by atoms with Gasteiger partial charge in [0, 0.05) is 12.3 Å². The molecule has 0 bridgehead atoms. The predicted molar refractivity (Wildman–Crippen MR) is 78.6 cm³/mol. The van der Waals surface area contributed by atoms with Gasteiger partial charge in [0.1, 0.15) is 5.75 Å². The van der Waals surface area contributed by atoms with Crippen LogP contribution in [0.15, 0.2) is 24.3 Å². The molecule has 1 amide bonds. The fourth-order valence-corrected chi connectivity index (χ4v) is 3.83. The van der Waals surface area contributed by atoms with Crippen LogP contribution in [0.5, 0.6) is 5.75 Å². The number of rotatable bonds is 1. The maximum absolute atomic E-state index is 12.4. The summed E-state index contributed by atoms with van der Waals surface area (Å²) in [5, 5.41) is 3.19. The minimum atomic E-state index is -0.517. The van der Waals surface area contributed by atoms with E-state index in [9.17, 15) is 4.79 Å². The largest absolute Gasteiger partial charge is 0.467 e. The molecule has 1 aromatic rings. The van der Waals surface area contributed by atoms with Gasteiger partial charge in [-0.25, -0.2) is 0 Å². The molecule has 1 heterocycles. The number of ether oxygens (including phenoxy) is 1. The molecule has 1 fully saturated rings. The van der Waals surface area contributed by atoms with Gasteiger partial charge in [-0.05, 0) is 36.8 Å². The molecule has 20 heavy (non-hydrogen) atoms. The zero-order valence-electron chi connectivity index (χ0n) is 12.5. The van der Waals surface area contributed by atoms with Gasteiger partial charge < -0.3 is 10.1 Å². The van der Waals surface area contributed by atoms with Crippen LogP contribution in [-0.4, -0.2) is 11.6 Å². The fourth-order valence-electron chi connectivity index (χ4n) is 3.83. The lowest BCUT2D eigenvalue weighted by Crippen LogP contribution is -2.63. The van der Waals surface area contributed by atoms with Crippen LogP contribution < -0.4 is 10.1 Å². The molecule has 1 aromatic carbocycles. The number of carbonyl (C=O) groups excluding carboxylic acids is 1. The van der Waals surface area contributed by atoms with Gasteiger partial charge in [0.25, 0.3) is 5.91 Å². The van der Waals surface area contributed by atoms with Crippen molar-refractivity contribution in [1.82, 2.24) is 5.32 Å². The standard InChI is InChI=1S/C17H23NO2/c1-11(2)14-9-8-12(3)10-17(14)18-16(19)13-6-4-5-7-15(13)20-17/h4-7,11-12,14H,8-10H2,1-3H3,(H,18,19)/t12-,14+,17?/m1/s1. The molecule has 3 rings (SSSR count). The number of amides is 1. The van der Waals surface area contributed by atoms with Gasteiger partial charge in [0.15, 0.2) is 5.72 Å². The van der Waals surface area contributed by atoms with E-state index in [0.717, 1.165) is 18.6 Å². The minimum Gasteiger partial charge on any atom is -0.467 e. The molecule has 1 unspecified atom stereocenters. The first-order valence-electron chi connectivity index (χ1n) is 7.62. The van der Waals surface area contributed by atoms with Crippen molar-refractivity contribution in [2.24, 2.45) is 17.8 Å². The molecule has 0 radical (unpaired) electrons. The van der Waals surface area contributed by atoms with Crippen molar-refractivity contribution in [3.8, 4) is 5.75 Å². The van der Waals surface area contributed by atoms with Crippen LogP contribution in [0.1, 0.15) is 50.4 Å². The lowest BCUT2D eigenvalue weighted by molar-refractivity contribution is -0.0827. The van der Waals surface area contributed by atoms with Crippen LogP contribution in [0.2, 0.25) is 0 Å². The second-order valence-electron chi connectivity index (χ2n) is 6.68. The maximum Gasteiger partial charge on any atom is 0.258 e. The van der Waals surface area contributed by atoms with E-state index in [1.165, 1.54) is 6.42 Å². The Morgan fingerprint density at radius 3 is 2.80 bits per heavy atom. The number of benzene rings is 1. The van der Waals surface area contributed by atoms with Crippen LogP contribution in [0.25, 0.3) is 0 Å². The summed E-state index contributed by atoms with van der Waals surface area (Å²) >= 11 is 0. The average molecular weight is 273 g/mol. The van der Waals surface area contributed by atoms with E-state index in [4.69, 9.17) is 4.74 Å². The van der Waals surface area contributed by atoms with Gasteiger partial charge in [-0.15, -0.1) is 0 Å². The van der Waals surface area contributed by atoms with Crippen LogP contribution in [-0.2, 0) is 0 Å². The summed E-state index contributed by atoms with van der Waals surface area (Å²) in [6.07, 6.45) is 3.22. The highest BCUT2D eigenvalue weighted by Crippen LogP contribution is 2.44. The number of hydrogen-bond donors (Lipinski definition) is 1. The molecule has 0 saturated heterocycles. The van der Waals surface area contributed by atoms with Crippen molar-refractivity contribution in [2.75, 3.05) is 0 Å². The molecule has 108 valence electrons. The van der Waals surface area contributed by atoms with Crippen LogP contribution >= 0.6 is 0 Å². The molecular formula is C17H23NO2. The monoisotopic (exact) mass is 273 g/mol. The minimum absolute atomic E-state index is 0.00611. The van der Waals surface area contributed by atoms with Crippen molar-refractivity contribution in [2.45, 2.75) is 45.8 Å². The predicted octanol–water partition coefficient (Wildman–Crippen LogP) is 3.60. The first kappa shape index (κ1) is 13.5. The van der Waals surface area contributed by atoms with E-state index in [-0.39, 0.29) is 5.91 Å². The van der Waals surface area contributed by atoms with Gasteiger partial charge in [0.05, 0.1) is 5.56 Å². The van der Waals surface area contributed by atoms with Gasteiger partial charge >= 0.3 is 0 Å². The number of fused-ring (bicyclic) bond motifs is 1. The average Bonchev–Trinajstić information content (AvgIpc) is 2.38. The lowest BCUT2D eigenvalue weighted by Gasteiger charge is -2.50. The molecule has 1 saturated carbocycles. The van der Waals surface area contributed by atoms with E-state index in [1.54, 1.807) is 0 Å². The van der Waals surface area contributed by atoms with Gasteiger partial charge in [-0.3, -0.25) is 4.79 Å². The third-order valence-corrected chi connectivity index (χ3v) is 4.77. The quantitative estimate of drug-likeness (QED) is 0.849. The number of nitrogens with one attached hydrogen (secondary N) is 1. The fraction of sp³-hybridized carbons (Fsp3) is 0.588. The zero-order valence-corrected chi connectivity index (χ0v) is 12.5. The Hall–Kier alpha value is -1.51. The summed E-state index contributed by atoms with van der Waals surface area (Å²) in [5.41, 5.74) is 0.135. The number of hydrogen-bond acceptors (Lipinski definition) is 2. The van der Waals surface area contributed by atoms with Crippen LogP contribution in [0.3, 0.4) is 0 Å². The number of para-hydroxylation sites is 1. The third kappa shape index (κ3) is 2.09. The summed E-state index contributed by atoms with van der Waals surface area (Å²) in [6, 6.07) is 7.55. The van der Waals surface area contributed by atoms with Crippen molar-refractivity contribution in [1.29, 1.82) is 0 Å². The van der Waals surface area contributed by atoms with Crippen molar-refractivity contribution >= 4 is 5.91 Å². The van der Waals surface area contributed by atoms with E-state index in [1.807, 2.05) is 24.3 Å². The summed E-state index contributed by atoms with van der Waals surface area (Å²) in [6.45, 7) is 6.69. The van der Waals surface area contributed by atoms with Gasteiger partial charge in [0.2, 0.25) is 0 Å². The summed E-state index contributed by atoms with van der Waals surface area (Å²) in [5.74, 6) is 2.18. The maximum atomic E-state index is 12.4. The Kier molecular flexibility index (Phi) is 3.23. The number of carbonyl (C=O) groups is 1. The second-order valence-corrected chi connectivity index (χ2v) is 6.68. The van der Waals surface area contributed by atoms with Gasteiger partial charge in [-0.1, -0.05) is 32.9 Å². The molecule has 1 N–H and O–H groups in total. The van der Waals surface area contributed by atoms with E-state index < -0.39 is 5.72 Å². The Bertz CT molecular complexity index is 525. The van der Waals surface area contributed by atoms with Crippen molar-refractivity contribution < 1.29 is 9.53 Å². The van der Waals surface area contributed by atoms with E-state index >= 15 is 0 Å². The van der Waals surface area contributed by atoms with Gasteiger partial charge in [-0.2, -0.15) is 0 Å².